The van der Waals surface area contributed by atoms with Crippen LogP contribution < -0.4 is 0 Å². The largest absolute Gasteiger partial charge is 0.300 e. The predicted molar refractivity (Wildman–Crippen MR) is 40.7 cm³/mol. The van der Waals surface area contributed by atoms with Crippen molar-refractivity contribution in [2.24, 2.45) is 17.8 Å². The fourth-order valence-electron chi connectivity index (χ4n) is 3.33. The Labute approximate surface area is 66.8 Å². The monoisotopic (exact) mass is 148 g/mol. The van der Waals surface area contributed by atoms with Crippen molar-refractivity contribution in [3.8, 4) is 6.07 Å². The first kappa shape index (κ1) is 6.02. The Morgan fingerprint density at radius 2 is 1.82 bits per heavy atom. The van der Waals surface area contributed by atoms with Crippen LogP contribution in [0.15, 0.2) is 0 Å². The predicted octanol–water partition coefficient (Wildman–Crippen LogP) is 0.850. The summed E-state index contributed by atoms with van der Waals surface area (Å²) in [4.78, 5) is 2.59. The van der Waals surface area contributed by atoms with Gasteiger partial charge in [-0.15, -0.1) is 0 Å². The molecule has 2 heteroatoms. The van der Waals surface area contributed by atoms with Crippen molar-refractivity contribution in [2.45, 2.75) is 18.9 Å². The second kappa shape index (κ2) is 1.78. The summed E-state index contributed by atoms with van der Waals surface area (Å²) in [5, 5.41) is 8.94. The summed E-state index contributed by atoms with van der Waals surface area (Å²) in [5.74, 6) is 1.87. The third-order valence-corrected chi connectivity index (χ3v) is 3.77. The van der Waals surface area contributed by atoms with E-state index in [4.69, 9.17) is 5.26 Å². The summed E-state index contributed by atoms with van der Waals surface area (Å²) < 4.78 is 0. The van der Waals surface area contributed by atoms with Crippen LogP contribution in [0.2, 0.25) is 0 Å². The normalized spacial score (nSPS) is 58.3. The average molecular weight is 148 g/mol. The zero-order valence-electron chi connectivity index (χ0n) is 6.53. The van der Waals surface area contributed by atoms with E-state index >= 15 is 0 Å². The van der Waals surface area contributed by atoms with Gasteiger partial charge in [0, 0.05) is 19.1 Å². The van der Waals surface area contributed by atoms with E-state index < -0.39 is 0 Å². The Hall–Kier alpha value is -0.550. The van der Waals surface area contributed by atoms with E-state index in [0.29, 0.717) is 5.92 Å². The fraction of sp³-hybridized carbons (Fsp3) is 0.889. The first-order chi connectivity index (χ1) is 5.38. The molecule has 0 aromatic heterocycles. The lowest BCUT2D eigenvalue weighted by Gasteiger charge is -2.29. The Morgan fingerprint density at radius 1 is 1.18 bits per heavy atom. The lowest BCUT2D eigenvalue weighted by molar-refractivity contribution is 0.207. The van der Waals surface area contributed by atoms with E-state index in [0.717, 1.165) is 17.9 Å². The van der Waals surface area contributed by atoms with Gasteiger partial charge in [-0.1, -0.05) is 0 Å². The van der Waals surface area contributed by atoms with Crippen molar-refractivity contribution in [3.63, 3.8) is 0 Å². The maximum atomic E-state index is 8.94. The van der Waals surface area contributed by atoms with E-state index in [2.05, 4.69) is 11.0 Å². The minimum absolute atomic E-state index is 0.407. The Kier molecular flexibility index (Phi) is 0.976. The molecule has 2 atom stereocenters. The number of piperidine rings is 1. The van der Waals surface area contributed by atoms with Crippen LogP contribution in [0, 0.1) is 29.1 Å². The molecule has 4 rings (SSSR count). The van der Waals surface area contributed by atoms with Crippen molar-refractivity contribution in [3.05, 3.63) is 0 Å². The molecule has 0 amide bonds. The van der Waals surface area contributed by atoms with Crippen LogP contribution in [-0.4, -0.2) is 24.0 Å². The second-order valence-corrected chi connectivity index (χ2v) is 4.25. The van der Waals surface area contributed by atoms with Crippen molar-refractivity contribution in [2.75, 3.05) is 13.1 Å². The van der Waals surface area contributed by atoms with Gasteiger partial charge in [-0.3, -0.25) is 4.90 Å². The zero-order chi connectivity index (χ0) is 7.42. The van der Waals surface area contributed by atoms with E-state index in [9.17, 15) is 0 Å². The highest BCUT2D eigenvalue weighted by Gasteiger charge is 2.51. The van der Waals surface area contributed by atoms with Crippen molar-refractivity contribution in [1.29, 1.82) is 5.26 Å². The number of hydrogen-bond acceptors (Lipinski definition) is 2. The van der Waals surface area contributed by atoms with Gasteiger partial charge in [0.05, 0.1) is 12.0 Å². The summed E-state index contributed by atoms with van der Waals surface area (Å²) in [7, 11) is 0. The van der Waals surface area contributed by atoms with Gasteiger partial charge in [0.15, 0.2) is 0 Å². The number of hydrogen-bond donors (Lipinski definition) is 0. The molecule has 1 aliphatic carbocycles. The van der Waals surface area contributed by atoms with Crippen LogP contribution in [0.25, 0.3) is 0 Å². The molecule has 4 bridgehead atoms. The molecule has 3 aliphatic heterocycles. The lowest BCUT2D eigenvalue weighted by Crippen LogP contribution is -2.34. The van der Waals surface area contributed by atoms with Crippen molar-refractivity contribution in [1.82, 2.24) is 4.90 Å². The summed E-state index contributed by atoms with van der Waals surface area (Å²) in [6, 6.07) is 3.36. The smallest absolute Gasteiger partial charge is 0.0662 e. The molecule has 0 radical (unpaired) electrons. The topological polar surface area (TPSA) is 27.0 Å². The zero-order valence-corrected chi connectivity index (χ0v) is 6.53. The molecule has 4 aliphatic rings. The SMILES string of the molecule is N#CC1C2CC3CC1CN3C2. The van der Waals surface area contributed by atoms with Crippen molar-refractivity contribution < 1.29 is 0 Å². The van der Waals surface area contributed by atoms with Crippen LogP contribution in [0.5, 0.6) is 0 Å². The lowest BCUT2D eigenvalue weighted by atomic mass is 9.74. The first-order valence-corrected chi connectivity index (χ1v) is 4.52. The standard InChI is InChI=1S/C9H12N2/c10-3-9-6-1-8-2-7(9)5-11(8)4-6/h6-9H,1-2,4-5H2. The molecule has 11 heavy (non-hydrogen) atoms. The van der Waals surface area contributed by atoms with Gasteiger partial charge in [-0.25, -0.2) is 0 Å². The molecule has 2 unspecified atom stereocenters. The number of nitriles is 1. The van der Waals surface area contributed by atoms with Gasteiger partial charge in [0.1, 0.15) is 0 Å². The van der Waals surface area contributed by atoms with E-state index in [1.54, 1.807) is 0 Å². The molecule has 0 N–H and O–H groups in total. The molecule has 2 nitrogen and oxygen atoms in total. The molecule has 1 saturated carbocycles. The van der Waals surface area contributed by atoms with Gasteiger partial charge in [-0.2, -0.15) is 5.26 Å². The summed E-state index contributed by atoms with van der Waals surface area (Å²) >= 11 is 0. The molecule has 0 aromatic carbocycles. The maximum Gasteiger partial charge on any atom is 0.0662 e. The second-order valence-electron chi connectivity index (χ2n) is 4.25. The molecule has 3 heterocycles. The third-order valence-electron chi connectivity index (χ3n) is 3.77. The average Bonchev–Trinajstić information content (AvgIpc) is 2.43. The van der Waals surface area contributed by atoms with E-state index in [-0.39, 0.29) is 0 Å². The van der Waals surface area contributed by atoms with Gasteiger partial charge >= 0.3 is 0 Å². The molecule has 0 spiro atoms. The van der Waals surface area contributed by atoms with Crippen LogP contribution >= 0.6 is 0 Å². The first-order valence-electron chi connectivity index (χ1n) is 4.52. The molecule has 3 saturated heterocycles. The van der Waals surface area contributed by atoms with Gasteiger partial charge < -0.3 is 0 Å². The van der Waals surface area contributed by atoms with Crippen LogP contribution in [0.1, 0.15) is 12.8 Å². The Bertz CT molecular complexity index is 200. The maximum absolute atomic E-state index is 8.94. The molecular formula is C9H12N2. The third kappa shape index (κ3) is 0.605. The highest BCUT2D eigenvalue weighted by molar-refractivity contribution is 5.10. The van der Waals surface area contributed by atoms with Gasteiger partial charge in [-0.05, 0) is 24.7 Å². The summed E-state index contributed by atoms with van der Waals surface area (Å²) in [6.07, 6.45) is 2.63. The van der Waals surface area contributed by atoms with Crippen LogP contribution in [-0.2, 0) is 0 Å². The fourth-order valence-corrected chi connectivity index (χ4v) is 3.33. The number of rotatable bonds is 0. The molecule has 58 valence electrons. The highest BCUT2D eigenvalue weighted by atomic mass is 15.2. The van der Waals surface area contributed by atoms with E-state index in [1.165, 1.54) is 25.9 Å². The summed E-state index contributed by atoms with van der Waals surface area (Å²) in [5.41, 5.74) is 0. The van der Waals surface area contributed by atoms with Gasteiger partial charge in [0.25, 0.3) is 0 Å². The molecular weight excluding hydrogens is 136 g/mol. The molecule has 0 aromatic rings. The van der Waals surface area contributed by atoms with E-state index in [1.807, 2.05) is 0 Å². The van der Waals surface area contributed by atoms with Crippen LogP contribution in [0.3, 0.4) is 0 Å². The number of nitrogens with zero attached hydrogens (tertiary/aromatic N) is 2. The van der Waals surface area contributed by atoms with Crippen LogP contribution in [0.4, 0.5) is 0 Å². The molecule has 4 fully saturated rings. The van der Waals surface area contributed by atoms with Crippen molar-refractivity contribution >= 4 is 0 Å². The highest BCUT2D eigenvalue weighted by Crippen LogP contribution is 2.48. The minimum Gasteiger partial charge on any atom is -0.300 e. The van der Waals surface area contributed by atoms with Gasteiger partial charge in [0.2, 0.25) is 0 Å². The Morgan fingerprint density at radius 3 is 2.27 bits per heavy atom. The summed E-state index contributed by atoms with van der Waals surface area (Å²) in [6.45, 7) is 2.44. The quantitative estimate of drug-likeness (QED) is 0.509. The minimum atomic E-state index is 0.407. The Balaban J connectivity index is 1.97.